The zero-order chi connectivity index (χ0) is 21.5. The molecule has 1 aliphatic heterocycles. The van der Waals surface area contributed by atoms with Gasteiger partial charge in [0, 0.05) is 25.6 Å². The van der Waals surface area contributed by atoms with Gasteiger partial charge in [0.25, 0.3) is 0 Å². The molecule has 4 rings (SSSR count). The predicted octanol–water partition coefficient (Wildman–Crippen LogP) is 4.15. The van der Waals surface area contributed by atoms with Gasteiger partial charge in [0.2, 0.25) is 0 Å². The highest BCUT2D eigenvalue weighted by Gasteiger charge is 2.49. The first kappa shape index (κ1) is 21.3. The number of halogens is 4. The van der Waals surface area contributed by atoms with Crippen LogP contribution in [0.4, 0.5) is 17.6 Å². The molecule has 162 valence electrons. The molecular weight excluding hydrogens is 398 g/mol. The van der Waals surface area contributed by atoms with Crippen LogP contribution in [0.5, 0.6) is 0 Å². The molecule has 2 aromatic rings. The Morgan fingerprint density at radius 1 is 1.03 bits per heavy atom. The van der Waals surface area contributed by atoms with Crippen LogP contribution >= 0.6 is 0 Å². The van der Waals surface area contributed by atoms with Crippen LogP contribution in [0.1, 0.15) is 35.4 Å². The molecule has 0 bridgehead atoms. The van der Waals surface area contributed by atoms with E-state index in [0.717, 1.165) is 30.8 Å². The Hall–Kier alpha value is -1.96. The molecule has 7 heteroatoms. The van der Waals surface area contributed by atoms with Crippen LogP contribution in [0.2, 0.25) is 0 Å². The normalized spacial score (nSPS) is 27.9. The van der Waals surface area contributed by atoms with Crippen molar-refractivity contribution in [2.45, 2.75) is 30.5 Å². The predicted molar refractivity (Wildman–Crippen MR) is 104 cm³/mol. The quantitative estimate of drug-likeness (QED) is 0.711. The molecule has 2 unspecified atom stereocenters. The van der Waals surface area contributed by atoms with E-state index in [-0.39, 0.29) is 24.3 Å². The van der Waals surface area contributed by atoms with Crippen LogP contribution in [-0.2, 0) is 11.8 Å². The summed E-state index contributed by atoms with van der Waals surface area (Å²) in [5, 5.41) is 20.9. The van der Waals surface area contributed by atoms with Crippen LogP contribution in [-0.4, -0.2) is 41.4 Å². The minimum absolute atomic E-state index is 0.230. The van der Waals surface area contributed by atoms with E-state index in [0.29, 0.717) is 24.9 Å². The summed E-state index contributed by atoms with van der Waals surface area (Å²) < 4.78 is 52.2. The second kappa shape index (κ2) is 7.94. The molecule has 2 aromatic carbocycles. The molecule has 0 amide bonds. The largest absolute Gasteiger partial charge is 0.416 e. The Bertz CT molecular complexity index is 870. The molecule has 3 nitrogen and oxygen atoms in total. The lowest BCUT2D eigenvalue weighted by Crippen LogP contribution is -2.32. The first-order valence-electron chi connectivity index (χ1n) is 10.2. The molecule has 0 spiro atoms. The van der Waals surface area contributed by atoms with Gasteiger partial charge in [0.1, 0.15) is 5.82 Å². The third-order valence-electron chi connectivity index (χ3n) is 6.62. The zero-order valence-electron chi connectivity index (χ0n) is 16.4. The number of aliphatic hydroxyl groups is 2. The highest BCUT2D eigenvalue weighted by atomic mass is 19.4. The van der Waals surface area contributed by atoms with Gasteiger partial charge in [-0.1, -0.05) is 30.3 Å². The van der Waals surface area contributed by atoms with Gasteiger partial charge in [-0.2, -0.15) is 13.2 Å². The molecule has 1 aliphatic carbocycles. The van der Waals surface area contributed by atoms with Crippen molar-refractivity contribution < 1.29 is 27.8 Å². The van der Waals surface area contributed by atoms with Crippen molar-refractivity contribution in [3.05, 3.63) is 71.0 Å². The number of alkyl halides is 3. The maximum atomic E-state index is 13.2. The number of aliphatic hydroxyl groups excluding tert-OH is 1. The van der Waals surface area contributed by atoms with Gasteiger partial charge >= 0.3 is 6.18 Å². The van der Waals surface area contributed by atoms with E-state index in [1.807, 2.05) is 0 Å². The molecule has 30 heavy (non-hydrogen) atoms. The van der Waals surface area contributed by atoms with Gasteiger partial charge in [-0.15, -0.1) is 0 Å². The summed E-state index contributed by atoms with van der Waals surface area (Å²) in [6.07, 6.45) is -3.26. The number of hydrogen-bond donors (Lipinski definition) is 2. The summed E-state index contributed by atoms with van der Waals surface area (Å²) in [4.78, 5) is 2.17. The van der Waals surface area contributed by atoms with Gasteiger partial charge in [-0.25, -0.2) is 4.39 Å². The molecule has 2 aliphatic rings. The van der Waals surface area contributed by atoms with Gasteiger partial charge in [-0.3, -0.25) is 0 Å². The summed E-state index contributed by atoms with van der Waals surface area (Å²) in [7, 11) is 0. The summed E-state index contributed by atoms with van der Waals surface area (Å²) in [6.45, 7) is 1.69. The van der Waals surface area contributed by atoms with Gasteiger partial charge in [0.05, 0.1) is 17.8 Å². The number of hydrogen-bond acceptors (Lipinski definition) is 3. The van der Waals surface area contributed by atoms with Crippen LogP contribution < -0.4 is 0 Å². The molecule has 0 radical (unpaired) electrons. The number of rotatable bonds is 5. The van der Waals surface area contributed by atoms with E-state index in [2.05, 4.69) is 4.90 Å². The molecule has 2 N–H and O–H groups in total. The summed E-state index contributed by atoms with van der Waals surface area (Å²) in [6, 6.07) is 11.1. The lowest BCUT2D eigenvalue weighted by molar-refractivity contribution is -0.137. The second-order valence-electron chi connectivity index (χ2n) is 8.69. The number of nitrogens with zero attached hydrogens (tertiary/aromatic N) is 1. The van der Waals surface area contributed by atoms with E-state index in [4.69, 9.17) is 0 Å². The number of fused-ring (bicyclic) bond motifs is 1. The third kappa shape index (κ3) is 4.24. The van der Waals surface area contributed by atoms with Crippen molar-refractivity contribution in [3.63, 3.8) is 0 Å². The Morgan fingerprint density at radius 3 is 2.23 bits per heavy atom. The van der Waals surface area contributed by atoms with Crippen LogP contribution in [0.25, 0.3) is 0 Å². The third-order valence-corrected chi connectivity index (χ3v) is 6.62. The van der Waals surface area contributed by atoms with Crippen LogP contribution in [0.15, 0.2) is 48.5 Å². The molecule has 1 heterocycles. The first-order valence-corrected chi connectivity index (χ1v) is 10.2. The fraction of sp³-hybridized carbons (Fsp3) is 0.478. The topological polar surface area (TPSA) is 43.7 Å². The van der Waals surface area contributed by atoms with Crippen molar-refractivity contribution in [2.75, 3.05) is 26.2 Å². The van der Waals surface area contributed by atoms with Crippen molar-refractivity contribution in [1.29, 1.82) is 0 Å². The molecule has 0 aromatic heterocycles. The van der Waals surface area contributed by atoms with E-state index in [9.17, 15) is 27.8 Å². The Labute approximate surface area is 173 Å². The molecule has 1 saturated heterocycles. The number of benzene rings is 2. The minimum Gasteiger partial charge on any atom is -0.396 e. The van der Waals surface area contributed by atoms with Crippen molar-refractivity contribution in [3.8, 4) is 0 Å². The monoisotopic (exact) mass is 423 g/mol. The average Bonchev–Trinajstić information content (AvgIpc) is 3.21. The van der Waals surface area contributed by atoms with Crippen LogP contribution in [0.3, 0.4) is 0 Å². The van der Waals surface area contributed by atoms with E-state index in [1.165, 1.54) is 18.2 Å². The molecule has 1 saturated carbocycles. The van der Waals surface area contributed by atoms with Gasteiger partial charge in [0.15, 0.2) is 0 Å². The molecular formula is C23H25F4NO2. The maximum absolute atomic E-state index is 13.2. The highest BCUT2D eigenvalue weighted by Crippen LogP contribution is 2.49. The van der Waals surface area contributed by atoms with Crippen molar-refractivity contribution >= 4 is 0 Å². The zero-order valence-corrected chi connectivity index (χ0v) is 16.4. The summed E-state index contributed by atoms with van der Waals surface area (Å²) in [5.41, 5.74) is -0.470. The Balaban J connectivity index is 1.41. The molecule has 4 atom stereocenters. The smallest absolute Gasteiger partial charge is 0.396 e. The number of likely N-dealkylation sites (tertiary alicyclic amines) is 1. The molecule has 2 fully saturated rings. The fourth-order valence-corrected chi connectivity index (χ4v) is 5.14. The van der Waals surface area contributed by atoms with Gasteiger partial charge < -0.3 is 15.1 Å². The van der Waals surface area contributed by atoms with E-state index in [1.54, 1.807) is 18.2 Å². The van der Waals surface area contributed by atoms with E-state index >= 15 is 0 Å². The summed E-state index contributed by atoms with van der Waals surface area (Å²) >= 11 is 0. The van der Waals surface area contributed by atoms with E-state index < -0.39 is 23.3 Å². The average molecular weight is 423 g/mol. The Morgan fingerprint density at radius 2 is 1.67 bits per heavy atom. The highest BCUT2D eigenvalue weighted by molar-refractivity contribution is 5.29. The lowest BCUT2D eigenvalue weighted by Gasteiger charge is -2.28. The Kier molecular flexibility index (Phi) is 5.64. The van der Waals surface area contributed by atoms with Crippen molar-refractivity contribution in [1.82, 2.24) is 4.90 Å². The van der Waals surface area contributed by atoms with Crippen molar-refractivity contribution in [2.24, 2.45) is 11.8 Å². The minimum atomic E-state index is -4.41. The summed E-state index contributed by atoms with van der Waals surface area (Å²) in [5.74, 6) is -0.208. The van der Waals surface area contributed by atoms with Gasteiger partial charge in [-0.05, 0) is 54.0 Å². The lowest BCUT2D eigenvalue weighted by atomic mass is 9.90. The SMILES string of the molecule is OCC(CN1C[C@@H]2CC(O)(c3ccc(F)cc3)C[C@@H]2C1)c1cccc(C(F)(F)F)c1. The standard InChI is InChI=1S/C23H25F4NO2/c24-21-6-4-19(5-7-21)22(30)9-16-11-28(12-17(16)10-22)13-18(14-29)15-2-1-3-20(8-15)23(25,26)27/h1-8,16-18,29-30H,9-14H2/t16-,17+,18?,22?. The first-order chi connectivity index (χ1) is 14.2. The maximum Gasteiger partial charge on any atom is 0.416 e. The second-order valence-corrected chi connectivity index (χ2v) is 8.69. The fourth-order valence-electron chi connectivity index (χ4n) is 5.14. The van der Waals surface area contributed by atoms with Crippen LogP contribution in [0, 0.1) is 17.7 Å².